The zero-order valence-corrected chi connectivity index (χ0v) is 12.5. The predicted molar refractivity (Wildman–Crippen MR) is 84.7 cm³/mol. The van der Waals surface area contributed by atoms with E-state index in [4.69, 9.17) is 21.1 Å². The van der Waals surface area contributed by atoms with Crippen LogP contribution in [0.5, 0.6) is 11.5 Å². The van der Waals surface area contributed by atoms with Gasteiger partial charge in [-0.1, -0.05) is 29.8 Å². The summed E-state index contributed by atoms with van der Waals surface area (Å²) in [6, 6.07) is 12.4. The second kappa shape index (κ2) is 6.58. The molecule has 0 aliphatic carbocycles. The third kappa shape index (κ3) is 3.43. The van der Waals surface area contributed by atoms with Gasteiger partial charge in [0.15, 0.2) is 11.5 Å². The number of carbonyl (C=O) groups excluding carboxylic acids is 1. The van der Waals surface area contributed by atoms with Gasteiger partial charge in [-0.15, -0.1) is 0 Å². The number of nitrogens with one attached hydrogen (secondary N) is 2. The normalized spacial score (nSPS) is 12.6. The van der Waals surface area contributed by atoms with E-state index < -0.39 is 0 Å². The number of amides is 2. The summed E-state index contributed by atoms with van der Waals surface area (Å²) < 4.78 is 11.0. The first-order chi connectivity index (χ1) is 10.7. The molecule has 6 heteroatoms. The average molecular weight is 319 g/mol. The molecule has 0 atom stereocenters. The summed E-state index contributed by atoms with van der Waals surface area (Å²) in [5, 5.41) is 5.98. The molecular weight excluding hydrogens is 304 g/mol. The van der Waals surface area contributed by atoms with Crippen LogP contribution in [0.2, 0.25) is 5.02 Å². The van der Waals surface area contributed by atoms with E-state index in [0.29, 0.717) is 36.2 Å². The molecule has 2 amide bonds. The quantitative estimate of drug-likeness (QED) is 0.911. The van der Waals surface area contributed by atoms with Crippen molar-refractivity contribution in [2.45, 2.75) is 6.54 Å². The van der Waals surface area contributed by atoms with E-state index in [9.17, 15) is 4.79 Å². The van der Waals surface area contributed by atoms with Gasteiger partial charge in [-0.3, -0.25) is 0 Å². The Labute approximate surface area is 133 Å². The van der Waals surface area contributed by atoms with Crippen molar-refractivity contribution in [3.63, 3.8) is 0 Å². The highest BCUT2D eigenvalue weighted by Crippen LogP contribution is 2.30. The molecular formula is C16H15ClN2O3. The van der Waals surface area contributed by atoms with Crippen molar-refractivity contribution >= 4 is 23.3 Å². The molecule has 2 aromatic rings. The van der Waals surface area contributed by atoms with Gasteiger partial charge in [-0.05, 0) is 29.8 Å². The van der Waals surface area contributed by atoms with Crippen LogP contribution in [0.15, 0.2) is 42.5 Å². The topological polar surface area (TPSA) is 59.6 Å². The highest BCUT2D eigenvalue weighted by molar-refractivity contribution is 6.33. The first-order valence-electron chi connectivity index (χ1n) is 6.90. The lowest BCUT2D eigenvalue weighted by atomic mass is 10.2. The van der Waals surface area contributed by atoms with Gasteiger partial charge >= 0.3 is 6.03 Å². The van der Waals surface area contributed by atoms with Crippen LogP contribution in [0.3, 0.4) is 0 Å². The summed E-state index contributed by atoms with van der Waals surface area (Å²) >= 11 is 5.99. The number of para-hydroxylation sites is 1. The second-order valence-corrected chi connectivity index (χ2v) is 5.17. The number of urea groups is 1. The Morgan fingerprint density at radius 1 is 1.09 bits per heavy atom. The zero-order chi connectivity index (χ0) is 15.4. The fourth-order valence-corrected chi connectivity index (χ4v) is 2.29. The lowest BCUT2D eigenvalue weighted by Crippen LogP contribution is -2.28. The molecule has 2 aromatic carbocycles. The van der Waals surface area contributed by atoms with Crippen LogP contribution in [0.25, 0.3) is 0 Å². The number of anilines is 1. The highest BCUT2D eigenvalue weighted by atomic mass is 35.5. The Balaban J connectivity index is 1.58. The Hall–Kier alpha value is -2.40. The smallest absolute Gasteiger partial charge is 0.319 e. The molecule has 0 saturated carbocycles. The number of hydrogen-bond acceptors (Lipinski definition) is 3. The van der Waals surface area contributed by atoms with Crippen LogP contribution in [0.1, 0.15) is 5.56 Å². The van der Waals surface area contributed by atoms with E-state index in [1.807, 2.05) is 24.3 Å². The van der Waals surface area contributed by atoms with Crippen molar-refractivity contribution in [2.24, 2.45) is 0 Å². The maximum absolute atomic E-state index is 11.9. The molecule has 1 aliphatic heterocycles. The van der Waals surface area contributed by atoms with Crippen LogP contribution in [0, 0.1) is 0 Å². The highest BCUT2D eigenvalue weighted by Gasteiger charge is 2.12. The maximum atomic E-state index is 11.9. The molecule has 0 unspecified atom stereocenters. The second-order valence-electron chi connectivity index (χ2n) is 4.77. The summed E-state index contributed by atoms with van der Waals surface area (Å²) in [6.07, 6.45) is 0. The van der Waals surface area contributed by atoms with Crippen LogP contribution in [-0.4, -0.2) is 19.2 Å². The maximum Gasteiger partial charge on any atom is 0.319 e. The third-order valence-corrected chi connectivity index (χ3v) is 3.51. The Morgan fingerprint density at radius 3 is 2.68 bits per heavy atom. The summed E-state index contributed by atoms with van der Waals surface area (Å²) in [5.41, 5.74) is 1.50. The number of fused-ring (bicyclic) bond motifs is 1. The minimum absolute atomic E-state index is 0.317. The predicted octanol–water partition coefficient (Wildman–Crippen LogP) is 3.43. The van der Waals surface area contributed by atoms with Crippen molar-refractivity contribution in [2.75, 3.05) is 18.5 Å². The van der Waals surface area contributed by atoms with E-state index in [1.165, 1.54) is 0 Å². The first-order valence-corrected chi connectivity index (χ1v) is 7.28. The van der Waals surface area contributed by atoms with Crippen LogP contribution < -0.4 is 20.1 Å². The number of hydrogen-bond donors (Lipinski definition) is 2. The van der Waals surface area contributed by atoms with Crippen LogP contribution in [-0.2, 0) is 6.54 Å². The van der Waals surface area contributed by atoms with Crippen LogP contribution >= 0.6 is 11.6 Å². The number of carbonyl (C=O) groups is 1. The first kappa shape index (κ1) is 14.5. The summed E-state index contributed by atoms with van der Waals surface area (Å²) in [5.74, 6) is 1.44. The Kier molecular flexibility index (Phi) is 4.34. The zero-order valence-electron chi connectivity index (χ0n) is 11.8. The van der Waals surface area contributed by atoms with Crippen molar-refractivity contribution in [3.05, 3.63) is 53.1 Å². The minimum atomic E-state index is -0.317. The molecule has 1 aliphatic rings. The van der Waals surface area contributed by atoms with E-state index in [-0.39, 0.29) is 6.03 Å². The van der Waals surface area contributed by atoms with Crippen molar-refractivity contribution < 1.29 is 14.3 Å². The molecule has 22 heavy (non-hydrogen) atoms. The fourth-order valence-electron chi connectivity index (χ4n) is 2.11. The molecule has 0 bridgehead atoms. The number of halogens is 1. The largest absolute Gasteiger partial charge is 0.486 e. The molecule has 0 aromatic heterocycles. The lowest BCUT2D eigenvalue weighted by Gasteiger charge is -2.19. The Morgan fingerprint density at radius 2 is 1.86 bits per heavy atom. The van der Waals surface area contributed by atoms with Gasteiger partial charge in [0.2, 0.25) is 0 Å². The summed E-state index contributed by atoms with van der Waals surface area (Å²) in [4.78, 5) is 11.9. The number of benzene rings is 2. The monoisotopic (exact) mass is 318 g/mol. The van der Waals surface area contributed by atoms with Crippen molar-refractivity contribution in [3.8, 4) is 11.5 Å². The lowest BCUT2D eigenvalue weighted by molar-refractivity contribution is 0.171. The van der Waals surface area contributed by atoms with E-state index in [2.05, 4.69) is 10.6 Å². The number of ether oxygens (including phenoxy) is 2. The summed E-state index contributed by atoms with van der Waals surface area (Å²) in [6.45, 7) is 1.48. The Bertz CT molecular complexity index is 691. The summed E-state index contributed by atoms with van der Waals surface area (Å²) in [7, 11) is 0. The van der Waals surface area contributed by atoms with E-state index in [0.717, 1.165) is 11.3 Å². The van der Waals surface area contributed by atoms with E-state index in [1.54, 1.807) is 18.2 Å². The van der Waals surface area contributed by atoms with Gasteiger partial charge in [0.25, 0.3) is 0 Å². The van der Waals surface area contributed by atoms with Gasteiger partial charge < -0.3 is 20.1 Å². The van der Waals surface area contributed by atoms with Crippen molar-refractivity contribution in [1.29, 1.82) is 0 Å². The minimum Gasteiger partial charge on any atom is -0.486 e. The molecule has 0 radical (unpaired) electrons. The third-order valence-electron chi connectivity index (χ3n) is 3.18. The molecule has 1 heterocycles. The van der Waals surface area contributed by atoms with Gasteiger partial charge in [0.1, 0.15) is 13.2 Å². The van der Waals surface area contributed by atoms with Crippen molar-refractivity contribution in [1.82, 2.24) is 5.32 Å². The van der Waals surface area contributed by atoms with Gasteiger partial charge in [0, 0.05) is 6.54 Å². The van der Waals surface area contributed by atoms with Gasteiger partial charge in [0.05, 0.1) is 10.7 Å². The SMILES string of the molecule is O=C(NCc1ccc2c(c1)OCCO2)Nc1ccccc1Cl. The number of rotatable bonds is 3. The van der Waals surface area contributed by atoms with Gasteiger partial charge in [-0.2, -0.15) is 0 Å². The fraction of sp³-hybridized carbons (Fsp3) is 0.188. The standard InChI is InChI=1S/C16H15ClN2O3/c17-12-3-1-2-4-13(12)19-16(20)18-10-11-5-6-14-15(9-11)22-8-7-21-14/h1-6,9H,7-8,10H2,(H2,18,19,20). The molecule has 0 saturated heterocycles. The molecule has 0 fully saturated rings. The average Bonchev–Trinajstić information content (AvgIpc) is 2.55. The molecule has 2 N–H and O–H groups in total. The van der Waals surface area contributed by atoms with E-state index >= 15 is 0 Å². The molecule has 0 spiro atoms. The molecule has 3 rings (SSSR count). The molecule has 5 nitrogen and oxygen atoms in total. The van der Waals surface area contributed by atoms with Crippen LogP contribution in [0.4, 0.5) is 10.5 Å². The molecule has 114 valence electrons. The van der Waals surface area contributed by atoms with Gasteiger partial charge in [-0.25, -0.2) is 4.79 Å².